The number of nitrogens with one attached hydrogen (secondary N) is 1. The number of amides is 2. The van der Waals surface area contributed by atoms with Gasteiger partial charge in [-0.25, -0.2) is 14.8 Å². The number of methoxy groups -OCH3 is 1. The second-order valence-electron chi connectivity index (χ2n) is 3.46. The van der Waals surface area contributed by atoms with Gasteiger partial charge >= 0.3 is 6.09 Å². The van der Waals surface area contributed by atoms with E-state index in [4.69, 9.17) is 5.73 Å². The van der Waals surface area contributed by atoms with Crippen LogP contribution in [-0.4, -0.2) is 34.3 Å². The summed E-state index contributed by atoms with van der Waals surface area (Å²) >= 11 is 1.11. The summed E-state index contributed by atoms with van der Waals surface area (Å²) in [7, 11) is 1.19. The van der Waals surface area contributed by atoms with Crippen molar-refractivity contribution >= 4 is 29.6 Å². The fraction of sp³-hybridized carbons (Fsp3) is 0.400. The van der Waals surface area contributed by atoms with E-state index >= 15 is 0 Å². The van der Waals surface area contributed by atoms with Crippen molar-refractivity contribution in [3.8, 4) is 0 Å². The van der Waals surface area contributed by atoms with Gasteiger partial charge in [0.15, 0.2) is 5.16 Å². The number of carbonyl (C=O) groups is 2. The van der Waals surface area contributed by atoms with Crippen LogP contribution in [0, 0.1) is 6.92 Å². The van der Waals surface area contributed by atoms with Crippen molar-refractivity contribution < 1.29 is 14.3 Å². The molecule has 0 aliphatic rings. The number of thioether (sulfide) groups is 1. The molecule has 1 aromatic heterocycles. The topological polar surface area (TPSA) is 107 Å². The van der Waals surface area contributed by atoms with Gasteiger partial charge in [-0.05, 0) is 13.8 Å². The number of aromatic nitrogens is 2. The molecule has 0 aromatic carbocycles. The predicted molar refractivity (Wildman–Crippen MR) is 67.0 cm³/mol. The first kappa shape index (κ1) is 14.2. The number of aryl methyl sites for hydroxylation is 1. The maximum atomic E-state index is 11.6. The van der Waals surface area contributed by atoms with Crippen LogP contribution in [0.2, 0.25) is 0 Å². The quantitative estimate of drug-likeness (QED) is 0.615. The number of rotatable bonds is 3. The van der Waals surface area contributed by atoms with Crippen LogP contribution in [0.4, 0.5) is 10.6 Å². The highest BCUT2D eigenvalue weighted by molar-refractivity contribution is 8.00. The van der Waals surface area contributed by atoms with Crippen LogP contribution in [0.1, 0.15) is 12.6 Å². The Morgan fingerprint density at radius 1 is 1.50 bits per heavy atom. The van der Waals surface area contributed by atoms with E-state index in [1.807, 2.05) is 0 Å². The molecule has 0 bridgehead atoms. The molecular weight excluding hydrogens is 256 g/mol. The van der Waals surface area contributed by atoms with E-state index in [0.717, 1.165) is 11.8 Å². The molecule has 1 atom stereocenters. The number of hydrogen-bond donors (Lipinski definition) is 2. The molecular formula is C10H14N4O3S. The Morgan fingerprint density at radius 3 is 2.72 bits per heavy atom. The summed E-state index contributed by atoms with van der Waals surface area (Å²) in [6, 6.07) is 1.63. The van der Waals surface area contributed by atoms with Crippen LogP contribution in [0.3, 0.4) is 0 Å². The lowest BCUT2D eigenvalue weighted by Gasteiger charge is -2.09. The first-order valence-electron chi connectivity index (χ1n) is 5.09. The zero-order chi connectivity index (χ0) is 13.7. The highest BCUT2D eigenvalue weighted by atomic mass is 32.2. The Kier molecular flexibility index (Phi) is 4.90. The molecule has 0 aliphatic carbocycles. The molecule has 0 fully saturated rings. The Hall–Kier alpha value is -1.83. The average molecular weight is 270 g/mol. The lowest BCUT2D eigenvalue weighted by molar-refractivity contribution is -0.119. The number of nitrogens with zero attached hydrogens (tertiary/aromatic N) is 2. The molecule has 7 nitrogen and oxygen atoms in total. The molecule has 3 N–H and O–H groups in total. The van der Waals surface area contributed by atoms with Gasteiger partial charge in [0, 0.05) is 11.8 Å². The minimum atomic E-state index is -0.794. The molecule has 1 heterocycles. The lowest BCUT2D eigenvalue weighted by Crippen LogP contribution is -2.35. The molecule has 98 valence electrons. The zero-order valence-corrected chi connectivity index (χ0v) is 11.1. The van der Waals surface area contributed by atoms with Crippen LogP contribution in [-0.2, 0) is 9.53 Å². The molecule has 0 spiro atoms. The van der Waals surface area contributed by atoms with Crippen LogP contribution < -0.4 is 11.1 Å². The zero-order valence-electron chi connectivity index (χ0n) is 10.3. The van der Waals surface area contributed by atoms with Gasteiger partial charge in [-0.1, -0.05) is 11.8 Å². The first-order chi connectivity index (χ1) is 8.42. The monoisotopic (exact) mass is 270 g/mol. The molecule has 0 aliphatic heterocycles. The van der Waals surface area contributed by atoms with Crippen molar-refractivity contribution in [1.82, 2.24) is 15.3 Å². The second-order valence-corrected chi connectivity index (χ2v) is 4.77. The third-order valence-electron chi connectivity index (χ3n) is 1.92. The van der Waals surface area contributed by atoms with Crippen LogP contribution >= 0.6 is 11.8 Å². The Bertz CT molecular complexity index is 446. The number of nitrogen functional groups attached to an aromatic ring is 1. The van der Waals surface area contributed by atoms with E-state index in [1.54, 1.807) is 19.9 Å². The molecule has 1 aromatic rings. The Labute approximate surface area is 109 Å². The van der Waals surface area contributed by atoms with Crippen molar-refractivity contribution in [2.75, 3.05) is 12.8 Å². The number of anilines is 1. The number of alkyl carbamates (subject to hydrolysis) is 1. The summed E-state index contributed by atoms with van der Waals surface area (Å²) in [6.07, 6.45) is -0.794. The van der Waals surface area contributed by atoms with E-state index in [1.165, 1.54) is 7.11 Å². The highest BCUT2D eigenvalue weighted by Gasteiger charge is 2.18. The summed E-state index contributed by atoms with van der Waals surface area (Å²) < 4.78 is 4.33. The normalized spacial score (nSPS) is 11.7. The van der Waals surface area contributed by atoms with Crippen molar-refractivity contribution in [1.29, 1.82) is 0 Å². The van der Waals surface area contributed by atoms with E-state index in [2.05, 4.69) is 20.0 Å². The largest absolute Gasteiger partial charge is 0.453 e. The molecule has 2 amide bonds. The Balaban J connectivity index is 2.66. The third kappa shape index (κ3) is 4.21. The van der Waals surface area contributed by atoms with Gasteiger partial charge in [-0.3, -0.25) is 10.1 Å². The van der Waals surface area contributed by atoms with Gasteiger partial charge in [0.1, 0.15) is 5.82 Å². The van der Waals surface area contributed by atoms with Crippen LogP contribution in [0.15, 0.2) is 11.2 Å². The molecule has 1 rings (SSSR count). The van der Waals surface area contributed by atoms with Gasteiger partial charge in [0.05, 0.1) is 12.4 Å². The third-order valence-corrected chi connectivity index (χ3v) is 2.88. The van der Waals surface area contributed by atoms with Gasteiger partial charge in [0.2, 0.25) is 5.91 Å². The lowest BCUT2D eigenvalue weighted by atomic mass is 10.4. The van der Waals surface area contributed by atoms with Gasteiger partial charge in [-0.15, -0.1) is 0 Å². The second kappa shape index (κ2) is 6.20. The predicted octanol–water partition coefficient (Wildman–Crippen LogP) is 0.730. The SMILES string of the molecule is COC(=O)NC(=O)[C@@H](C)Sc1nc(C)cc(N)n1. The van der Waals surface area contributed by atoms with E-state index in [-0.39, 0.29) is 0 Å². The highest BCUT2D eigenvalue weighted by Crippen LogP contribution is 2.20. The summed E-state index contributed by atoms with van der Waals surface area (Å²) in [5.41, 5.74) is 6.29. The number of ether oxygens (including phenoxy) is 1. The number of imide groups is 1. The average Bonchev–Trinajstić information content (AvgIpc) is 2.27. The molecule has 0 unspecified atom stereocenters. The number of nitrogens with two attached hydrogens (primary N) is 1. The summed E-state index contributed by atoms with van der Waals surface area (Å²) in [5, 5.41) is 1.92. The van der Waals surface area contributed by atoms with Crippen molar-refractivity contribution in [3.63, 3.8) is 0 Å². The van der Waals surface area contributed by atoms with Crippen molar-refractivity contribution in [2.45, 2.75) is 24.3 Å². The van der Waals surface area contributed by atoms with Gasteiger partial charge in [-0.2, -0.15) is 0 Å². The molecule has 0 saturated carbocycles. The minimum absolute atomic E-state index is 0.338. The van der Waals surface area contributed by atoms with Crippen molar-refractivity contribution in [2.24, 2.45) is 0 Å². The summed E-state index contributed by atoms with van der Waals surface area (Å²) in [4.78, 5) is 30.6. The molecule has 18 heavy (non-hydrogen) atoms. The fourth-order valence-corrected chi connectivity index (χ4v) is 1.92. The molecule has 0 radical (unpaired) electrons. The minimum Gasteiger partial charge on any atom is -0.453 e. The maximum Gasteiger partial charge on any atom is 0.413 e. The van der Waals surface area contributed by atoms with E-state index in [0.29, 0.717) is 16.7 Å². The Morgan fingerprint density at radius 2 is 2.17 bits per heavy atom. The summed E-state index contributed by atoms with van der Waals surface area (Å²) in [6.45, 7) is 3.41. The number of hydrogen-bond acceptors (Lipinski definition) is 7. The van der Waals surface area contributed by atoms with Crippen molar-refractivity contribution in [3.05, 3.63) is 11.8 Å². The number of carbonyl (C=O) groups excluding carboxylic acids is 2. The first-order valence-corrected chi connectivity index (χ1v) is 5.97. The smallest absolute Gasteiger partial charge is 0.413 e. The van der Waals surface area contributed by atoms with E-state index < -0.39 is 17.3 Å². The van der Waals surface area contributed by atoms with Gasteiger partial charge in [0.25, 0.3) is 0 Å². The maximum absolute atomic E-state index is 11.6. The van der Waals surface area contributed by atoms with Crippen LogP contribution in [0.25, 0.3) is 0 Å². The fourth-order valence-electron chi connectivity index (χ4n) is 1.08. The van der Waals surface area contributed by atoms with Crippen LogP contribution in [0.5, 0.6) is 0 Å². The summed E-state index contributed by atoms with van der Waals surface area (Å²) in [5.74, 6) is -0.138. The molecule has 0 saturated heterocycles. The van der Waals surface area contributed by atoms with E-state index in [9.17, 15) is 9.59 Å². The standard InChI is InChI=1S/C10H14N4O3S/c1-5-4-7(11)13-9(12-5)18-6(2)8(15)14-10(16)17-3/h4,6H,1-3H3,(H2,11,12,13)(H,14,15,16)/t6-/m1/s1. The molecule has 8 heteroatoms. The van der Waals surface area contributed by atoms with Gasteiger partial charge < -0.3 is 10.5 Å².